The summed E-state index contributed by atoms with van der Waals surface area (Å²) in [6, 6.07) is 16.2. The third-order valence-electron chi connectivity index (χ3n) is 5.82. The van der Waals surface area contributed by atoms with E-state index in [4.69, 9.17) is 9.47 Å². The van der Waals surface area contributed by atoms with Crippen LogP contribution in [0.15, 0.2) is 48.5 Å². The molecule has 2 aromatic carbocycles. The molecule has 156 valence electrons. The average molecular weight is 400 g/mol. The number of hydrogen-bond donors (Lipinski definition) is 3. The Balaban J connectivity index is 1.46. The first kappa shape index (κ1) is 21.1. The summed E-state index contributed by atoms with van der Waals surface area (Å²) in [5, 5.41) is 3.08. The van der Waals surface area contributed by atoms with Gasteiger partial charge in [0.1, 0.15) is 32.7 Å². The summed E-state index contributed by atoms with van der Waals surface area (Å²) in [6.07, 6.45) is 0. The highest BCUT2D eigenvalue weighted by molar-refractivity contribution is 5.79. The van der Waals surface area contributed by atoms with Crippen molar-refractivity contribution in [2.75, 3.05) is 40.4 Å². The van der Waals surface area contributed by atoms with E-state index in [9.17, 15) is 4.79 Å². The van der Waals surface area contributed by atoms with Crippen molar-refractivity contribution in [3.63, 3.8) is 0 Å². The minimum absolute atomic E-state index is 0.0265. The molecule has 1 aliphatic heterocycles. The lowest BCUT2D eigenvalue weighted by atomic mass is 10.1. The number of methoxy groups -OCH3 is 2. The molecule has 6 nitrogen and oxygen atoms in total. The molecule has 0 bridgehead atoms. The third kappa shape index (κ3) is 5.71. The second-order valence-electron chi connectivity index (χ2n) is 7.70. The van der Waals surface area contributed by atoms with E-state index in [0.29, 0.717) is 6.54 Å². The highest BCUT2D eigenvalue weighted by atomic mass is 16.5. The van der Waals surface area contributed by atoms with Crippen LogP contribution in [0.1, 0.15) is 18.1 Å². The topological polar surface area (TPSA) is 56.4 Å². The van der Waals surface area contributed by atoms with E-state index in [2.05, 4.69) is 17.4 Å². The average Bonchev–Trinajstić information content (AvgIpc) is 2.78. The monoisotopic (exact) mass is 399 g/mol. The van der Waals surface area contributed by atoms with Crippen LogP contribution < -0.4 is 24.6 Å². The minimum atomic E-state index is -0.0265. The van der Waals surface area contributed by atoms with Crippen LogP contribution in [0, 0.1) is 0 Å². The summed E-state index contributed by atoms with van der Waals surface area (Å²) in [4.78, 5) is 15.5. The van der Waals surface area contributed by atoms with Gasteiger partial charge in [-0.2, -0.15) is 0 Å². The molecule has 29 heavy (non-hydrogen) atoms. The number of nitrogens with one attached hydrogen (secondary N) is 3. The summed E-state index contributed by atoms with van der Waals surface area (Å²) < 4.78 is 10.7. The van der Waals surface area contributed by atoms with Crippen LogP contribution in [-0.2, 0) is 17.9 Å². The van der Waals surface area contributed by atoms with E-state index in [1.807, 2.05) is 43.3 Å². The van der Waals surface area contributed by atoms with Gasteiger partial charge in [0.15, 0.2) is 17.5 Å². The van der Waals surface area contributed by atoms with Gasteiger partial charge in [0, 0.05) is 12.1 Å². The quantitative estimate of drug-likeness (QED) is 0.571. The lowest BCUT2D eigenvalue weighted by Gasteiger charge is -2.32. The van der Waals surface area contributed by atoms with Crippen LogP contribution in [0.4, 0.5) is 0 Å². The van der Waals surface area contributed by atoms with Crippen molar-refractivity contribution in [1.29, 1.82) is 0 Å². The Bertz CT molecular complexity index is 789. The fraction of sp³-hybridized carbons (Fsp3) is 0.435. The van der Waals surface area contributed by atoms with Crippen molar-refractivity contribution in [2.45, 2.75) is 26.1 Å². The zero-order chi connectivity index (χ0) is 20.6. The Hall–Kier alpha value is -2.57. The van der Waals surface area contributed by atoms with E-state index in [-0.39, 0.29) is 11.9 Å². The first-order valence-corrected chi connectivity index (χ1v) is 10.3. The molecule has 1 fully saturated rings. The van der Waals surface area contributed by atoms with Crippen LogP contribution in [0.25, 0.3) is 0 Å². The number of benzene rings is 2. The van der Waals surface area contributed by atoms with Crippen LogP contribution in [0.3, 0.4) is 0 Å². The maximum absolute atomic E-state index is 12.6. The lowest BCUT2D eigenvalue weighted by molar-refractivity contribution is -1.02. The van der Waals surface area contributed by atoms with Crippen molar-refractivity contribution in [3.8, 4) is 11.5 Å². The molecule has 0 aromatic heterocycles. The minimum Gasteiger partial charge on any atom is -0.493 e. The van der Waals surface area contributed by atoms with Crippen molar-refractivity contribution in [3.05, 3.63) is 59.7 Å². The lowest BCUT2D eigenvalue weighted by Crippen LogP contribution is -3.29. The van der Waals surface area contributed by atoms with E-state index >= 15 is 0 Å². The number of hydrogen-bond acceptors (Lipinski definition) is 3. The molecule has 1 aliphatic rings. The number of quaternary nitrogens is 2. The van der Waals surface area contributed by atoms with Gasteiger partial charge in [-0.15, -0.1) is 0 Å². The van der Waals surface area contributed by atoms with Crippen molar-refractivity contribution in [2.24, 2.45) is 0 Å². The van der Waals surface area contributed by atoms with Gasteiger partial charge in [0.25, 0.3) is 5.91 Å². The molecule has 0 unspecified atom stereocenters. The van der Waals surface area contributed by atoms with E-state index in [1.165, 1.54) is 15.4 Å². The number of carbonyl (C=O) groups excluding carboxylic acids is 1. The number of rotatable bonds is 8. The zero-order valence-corrected chi connectivity index (χ0v) is 17.7. The van der Waals surface area contributed by atoms with Crippen LogP contribution in [-0.4, -0.2) is 52.3 Å². The molecule has 0 spiro atoms. The van der Waals surface area contributed by atoms with Crippen LogP contribution >= 0.6 is 0 Å². The highest BCUT2D eigenvalue weighted by Crippen LogP contribution is 2.27. The SMILES string of the molecule is COc1ccc(C[NH+]2CC[NH+]([C@@H](C)C(=O)NCc3ccccc3)CC2)cc1OC. The highest BCUT2D eigenvalue weighted by Gasteiger charge is 2.31. The molecule has 6 heteroatoms. The molecule has 0 aliphatic carbocycles. The summed E-state index contributed by atoms with van der Waals surface area (Å²) in [7, 11) is 3.32. The van der Waals surface area contributed by atoms with E-state index < -0.39 is 0 Å². The zero-order valence-electron chi connectivity index (χ0n) is 17.7. The van der Waals surface area contributed by atoms with Gasteiger partial charge in [-0.1, -0.05) is 30.3 Å². The summed E-state index contributed by atoms with van der Waals surface area (Å²) >= 11 is 0. The predicted octanol–water partition coefficient (Wildman–Crippen LogP) is -0.308. The maximum Gasteiger partial charge on any atom is 0.278 e. The Labute approximate surface area is 173 Å². The first-order valence-electron chi connectivity index (χ1n) is 10.3. The van der Waals surface area contributed by atoms with Gasteiger partial charge in [-0.05, 0) is 30.7 Å². The fourth-order valence-corrected chi connectivity index (χ4v) is 3.94. The molecule has 0 radical (unpaired) electrons. The summed E-state index contributed by atoms with van der Waals surface area (Å²) in [6.45, 7) is 7.70. The smallest absolute Gasteiger partial charge is 0.278 e. The molecule has 3 rings (SSSR count). The molecule has 1 heterocycles. The van der Waals surface area contributed by atoms with Gasteiger partial charge in [0.05, 0.1) is 14.2 Å². The van der Waals surface area contributed by atoms with Crippen molar-refractivity contribution < 1.29 is 24.1 Å². The van der Waals surface area contributed by atoms with Gasteiger partial charge in [-0.25, -0.2) is 0 Å². The predicted molar refractivity (Wildman–Crippen MR) is 112 cm³/mol. The third-order valence-corrected chi connectivity index (χ3v) is 5.82. The van der Waals surface area contributed by atoms with E-state index in [0.717, 1.165) is 49.8 Å². The number of amides is 1. The summed E-state index contributed by atoms with van der Waals surface area (Å²) in [5.41, 5.74) is 2.38. The van der Waals surface area contributed by atoms with Gasteiger partial charge >= 0.3 is 0 Å². The van der Waals surface area contributed by atoms with Crippen LogP contribution in [0.2, 0.25) is 0 Å². The van der Waals surface area contributed by atoms with Gasteiger partial charge in [0.2, 0.25) is 0 Å². The normalized spacial score (nSPS) is 20.0. The molecule has 1 amide bonds. The molecule has 1 atom stereocenters. The Morgan fingerprint density at radius 1 is 0.966 bits per heavy atom. The van der Waals surface area contributed by atoms with Crippen molar-refractivity contribution >= 4 is 5.91 Å². The number of piperazine rings is 1. The van der Waals surface area contributed by atoms with Crippen molar-refractivity contribution in [1.82, 2.24) is 5.32 Å². The second kappa shape index (κ2) is 10.3. The molecular formula is C23H33N3O3+2. The Morgan fingerprint density at radius 2 is 1.66 bits per heavy atom. The molecule has 0 saturated carbocycles. The standard InChI is InChI=1S/C23H31N3O3/c1-18(23(27)24-16-19-7-5-4-6-8-19)26-13-11-25(12-14-26)17-20-9-10-21(28-2)22(15-20)29-3/h4-10,15,18H,11-14,16-17H2,1-3H3,(H,24,27)/p+2/t18-/m0/s1. The number of ether oxygens (including phenoxy) is 2. The van der Waals surface area contributed by atoms with Gasteiger partial charge in [-0.3, -0.25) is 4.79 Å². The molecular weight excluding hydrogens is 366 g/mol. The largest absolute Gasteiger partial charge is 0.493 e. The number of carbonyl (C=O) groups is 1. The van der Waals surface area contributed by atoms with E-state index in [1.54, 1.807) is 14.2 Å². The Morgan fingerprint density at radius 3 is 2.31 bits per heavy atom. The second-order valence-corrected chi connectivity index (χ2v) is 7.70. The maximum atomic E-state index is 12.6. The molecule has 2 aromatic rings. The van der Waals surface area contributed by atoms with Crippen LogP contribution in [0.5, 0.6) is 11.5 Å². The molecule has 3 N–H and O–H groups in total. The first-order chi connectivity index (χ1) is 14.1. The Kier molecular flexibility index (Phi) is 7.49. The fourth-order valence-electron chi connectivity index (χ4n) is 3.94. The summed E-state index contributed by atoms with van der Waals surface area (Å²) in [5.74, 6) is 1.67. The van der Waals surface area contributed by atoms with Gasteiger partial charge < -0.3 is 24.6 Å². The molecule has 1 saturated heterocycles.